The lowest BCUT2D eigenvalue weighted by Gasteiger charge is -2.05. The van der Waals surface area contributed by atoms with Crippen molar-refractivity contribution < 1.29 is 9.59 Å². The van der Waals surface area contributed by atoms with Gasteiger partial charge in [-0.05, 0) is 17.7 Å². The van der Waals surface area contributed by atoms with Crippen LogP contribution in [0.1, 0.15) is 28.8 Å². The normalized spacial score (nSPS) is 10.1. The molecule has 0 bridgehead atoms. The summed E-state index contributed by atoms with van der Waals surface area (Å²) in [5, 5.41) is 3.42. The third-order valence-corrected chi connectivity index (χ3v) is 3.29. The summed E-state index contributed by atoms with van der Waals surface area (Å²) in [7, 11) is 0. The van der Waals surface area contributed by atoms with Crippen LogP contribution in [0.5, 0.6) is 0 Å². The number of benzene rings is 2. The molecule has 21 heavy (non-hydrogen) atoms. The first kappa shape index (κ1) is 15.3. The first-order valence-electron chi connectivity index (χ1n) is 6.74. The molecule has 0 aliphatic heterocycles. The van der Waals surface area contributed by atoms with Gasteiger partial charge in [0.05, 0.1) is 0 Å². The highest BCUT2D eigenvalue weighted by Gasteiger charge is 2.08. The molecule has 0 aromatic heterocycles. The van der Waals surface area contributed by atoms with Crippen molar-refractivity contribution in [2.24, 2.45) is 0 Å². The number of carbonyl (C=O) groups excluding carboxylic acids is 2. The molecule has 0 saturated carbocycles. The molecule has 2 aromatic carbocycles. The highest BCUT2D eigenvalue weighted by molar-refractivity contribution is 6.30. The van der Waals surface area contributed by atoms with Crippen LogP contribution in [0.2, 0.25) is 5.02 Å². The maximum Gasteiger partial charge on any atom is 0.220 e. The third kappa shape index (κ3) is 5.04. The Labute approximate surface area is 128 Å². The number of ketones is 1. The zero-order chi connectivity index (χ0) is 15.1. The highest BCUT2D eigenvalue weighted by Crippen LogP contribution is 2.10. The van der Waals surface area contributed by atoms with Crippen LogP contribution in [-0.2, 0) is 11.3 Å². The van der Waals surface area contributed by atoms with Gasteiger partial charge in [-0.2, -0.15) is 0 Å². The van der Waals surface area contributed by atoms with E-state index in [-0.39, 0.29) is 24.5 Å². The maximum absolute atomic E-state index is 11.9. The number of amides is 1. The Morgan fingerprint density at radius 1 is 0.952 bits per heavy atom. The zero-order valence-electron chi connectivity index (χ0n) is 11.5. The van der Waals surface area contributed by atoms with Gasteiger partial charge in [0.1, 0.15) is 0 Å². The first-order valence-corrected chi connectivity index (χ1v) is 7.12. The van der Waals surface area contributed by atoms with Crippen molar-refractivity contribution >= 4 is 23.3 Å². The Bertz CT molecular complexity index is 626. The monoisotopic (exact) mass is 301 g/mol. The van der Waals surface area contributed by atoms with Crippen LogP contribution in [0, 0.1) is 0 Å². The van der Waals surface area contributed by atoms with Gasteiger partial charge in [0, 0.05) is 30.0 Å². The third-order valence-electron chi connectivity index (χ3n) is 3.05. The first-order chi connectivity index (χ1) is 10.1. The molecule has 0 aliphatic rings. The smallest absolute Gasteiger partial charge is 0.220 e. The standard InChI is InChI=1S/C17H16ClNO2/c18-15-8-4-5-13(11-15)12-19-17(21)10-9-16(20)14-6-2-1-3-7-14/h1-8,11H,9-10,12H2,(H,19,21). The lowest BCUT2D eigenvalue weighted by molar-refractivity contribution is -0.121. The van der Waals surface area contributed by atoms with Crippen LogP contribution < -0.4 is 5.32 Å². The lowest BCUT2D eigenvalue weighted by atomic mass is 10.1. The average Bonchev–Trinajstić information content (AvgIpc) is 2.51. The van der Waals surface area contributed by atoms with Crippen molar-refractivity contribution in [2.75, 3.05) is 0 Å². The minimum Gasteiger partial charge on any atom is -0.352 e. The fourth-order valence-electron chi connectivity index (χ4n) is 1.93. The van der Waals surface area contributed by atoms with E-state index in [9.17, 15) is 9.59 Å². The number of hydrogen-bond acceptors (Lipinski definition) is 2. The van der Waals surface area contributed by atoms with E-state index in [1.807, 2.05) is 30.3 Å². The predicted octanol–water partition coefficient (Wildman–Crippen LogP) is 3.62. The second kappa shape index (κ2) is 7.60. The van der Waals surface area contributed by atoms with E-state index in [1.54, 1.807) is 24.3 Å². The Kier molecular flexibility index (Phi) is 5.52. The molecule has 0 radical (unpaired) electrons. The van der Waals surface area contributed by atoms with Crippen molar-refractivity contribution in [3.63, 3.8) is 0 Å². The number of hydrogen-bond donors (Lipinski definition) is 1. The number of rotatable bonds is 6. The number of nitrogens with one attached hydrogen (secondary N) is 1. The molecule has 2 rings (SSSR count). The van der Waals surface area contributed by atoms with E-state index >= 15 is 0 Å². The van der Waals surface area contributed by atoms with Crippen LogP contribution in [0.3, 0.4) is 0 Å². The molecular formula is C17H16ClNO2. The Hall–Kier alpha value is -2.13. The maximum atomic E-state index is 11.9. The molecule has 1 N–H and O–H groups in total. The fraction of sp³-hybridized carbons (Fsp3) is 0.176. The second-order valence-electron chi connectivity index (χ2n) is 4.70. The molecule has 0 atom stereocenters. The Balaban J connectivity index is 1.76. The second-order valence-corrected chi connectivity index (χ2v) is 5.13. The van der Waals surface area contributed by atoms with E-state index in [0.717, 1.165) is 5.56 Å². The number of carbonyl (C=O) groups is 2. The molecule has 4 heteroatoms. The number of Topliss-reactive ketones (excluding diaryl/α,β-unsaturated/α-hetero) is 1. The van der Waals surface area contributed by atoms with Gasteiger partial charge < -0.3 is 5.32 Å². The number of halogens is 1. The molecule has 0 heterocycles. The topological polar surface area (TPSA) is 46.2 Å². The molecule has 3 nitrogen and oxygen atoms in total. The van der Waals surface area contributed by atoms with Crippen molar-refractivity contribution in [2.45, 2.75) is 19.4 Å². The SMILES string of the molecule is O=C(CCC(=O)c1ccccc1)NCc1cccc(Cl)c1. The van der Waals surface area contributed by atoms with Gasteiger partial charge >= 0.3 is 0 Å². The zero-order valence-corrected chi connectivity index (χ0v) is 12.3. The van der Waals surface area contributed by atoms with Crippen molar-refractivity contribution in [1.82, 2.24) is 5.32 Å². The van der Waals surface area contributed by atoms with Crippen LogP contribution in [0.25, 0.3) is 0 Å². The summed E-state index contributed by atoms with van der Waals surface area (Å²) in [4.78, 5) is 23.6. The summed E-state index contributed by atoms with van der Waals surface area (Å²) in [5.41, 5.74) is 1.57. The Morgan fingerprint density at radius 2 is 1.71 bits per heavy atom. The van der Waals surface area contributed by atoms with Crippen molar-refractivity contribution in [3.05, 3.63) is 70.7 Å². The summed E-state index contributed by atoms with van der Waals surface area (Å²) in [6.45, 7) is 0.416. The lowest BCUT2D eigenvalue weighted by Crippen LogP contribution is -2.23. The molecule has 1 amide bonds. The van der Waals surface area contributed by atoms with Crippen LogP contribution in [0.4, 0.5) is 0 Å². The fourth-order valence-corrected chi connectivity index (χ4v) is 2.14. The minimum atomic E-state index is -0.140. The molecule has 0 spiro atoms. The van der Waals surface area contributed by atoms with Crippen molar-refractivity contribution in [3.8, 4) is 0 Å². The van der Waals surface area contributed by atoms with Crippen LogP contribution in [-0.4, -0.2) is 11.7 Å². The summed E-state index contributed by atoms with van der Waals surface area (Å²) < 4.78 is 0. The van der Waals surface area contributed by atoms with Gasteiger partial charge in [0.2, 0.25) is 5.91 Å². The summed E-state index contributed by atoms with van der Waals surface area (Å²) in [6.07, 6.45) is 0.402. The highest BCUT2D eigenvalue weighted by atomic mass is 35.5. The van der Waals surface area contributed by atoms with Crippen LogP contribution >= 0.6 is 11.6 Å². The Morgan fingerprint density at radius 3 is 2.43 bits per heavy atom. The molecular weight excluding hydrogens is 286 g/mol. The average molecular weight is 302 g/mol. The van der Waals surface area contributed by atoms with Gasteiger partial charge in [-0.3, -0.25) is 9.59 Å². The predicted molar refractivity (Wildman–Crippen MR) is 83.3 cm³/mol. The summed E-state index contributed by atoms with van der Waals surface area (Å²) >= 11 is 5.87. The largest absolute Gasteiger partial charge is 0.352 e. The molecule has 0 fully saturated rings. The summed E-state index contributed by atoms with van der Waals surface area (Å²) in [6, 6.07) is 16.3. The van der Waals surface area contributed by atoms with E-state index < -0.39 is 0 Å². The van der Waals surface area contributed by atoms with Gasteiger partial charge in [-0.1, -0.05) is 54.1 Å². The molecule has 0 unspecified atom stereocenters. The molecule has 0 saturated heterocycles. The molecule has 0 aliphatic carbocycles. The van der Waals surface area contributed by atoms with E-state index in [1.165, 1.54) is 0 Å². The molecule has 108 valence electrons. The van der Waals surface area contributed by atoms with Gasteiger partial charge in [-0.25, -0.2) is 0 Å². The van der Waals surface area contributed by atoms with Crippen LogP contribution in [0.15, 0.2) is 54.6 Å². The van der Waals surface area contributed by atoms with E-state index in [2.05, 4.69) is 5.32 Å². The van der Waals surface area contributed by atoms with Crippen molar-refractivity contribution in [1.29, 1.82) is 0 Å². The van der Waals surface area contributed by atoms with Gasteiger partial charge in [-0.15, -0.1) is 0 Å². The summed E-state index contributed by atoms with van der Waals surface area (Å²) in [5.74, 6) is -0.159. The minimum absolute atomic E-state index is 0.0199. The quantitative estimate of drug-likeness (QED) is 0.828. The van der Waals surface area contributed by atoms with E-state index in [0.29, 0.717) is 17.1 Å². The van der Waals surface area contributed by atoms with Gasteiger partial charge in [0.25, 0.3) is 0 Å². The van der Waals surface area contributed by atoms with Gasteiger partial charge in [0.15, 0.2) is 5.78 Å². The van der Waals surface area contributed by atoms with E-state index in [4.69, 9.17) is 11.6 Å². The molecule has 2 aromatic rings.